The van der Waals surface area contributed by atoms with Crippen molar-refractivity contribution in [1.82, 2.24) is 10.6 Å². The van der Waals surface area contributed by atoms with Gasteiger partial charge in [-0.1, -0.05) is 13.3 Å². The van der Waals surface area contributed by atoms with Gasteiger partial charge in [0, 0.05) is 6.54 Å². The summed E-state index contributed by atoms with van der Waals surface area (Å²) in [4.78, 5) is 11.1. The zero-order valence-electron chi connectivity index (χ0n) is 7.94. The minimum Gasteiger partial charge on any atom is -0.354 e. The number of hydrogen-bond acceptors (Lipinski definition) is 2. The molecule has 2 N–H and O–H groups in total. The third-order valence-corrected chi connectivity index (χ3v) is 2.61. The van der Waals surface area contributed by atoms with E-state index in [1.165, 1.54) is 19.3 Å². The van der Waals surface area contributed by atoms with Crippen molar-refractivity contribution >= 4 is 5.91 Å². The highest BCUT2D eigenvalue weighted by atomic mass is 16.1. The minimum atomic E-state index is 0.102. The van der Waals surface area contributed by atoms with Gasteiger partial charge in [0.2, 0.25) is 5.91 Å². The van der Waals surface area contributed by atoms with Crippen molar-refractivity contribution in [2.24, 2.45) is 5.41 Å². The molecular weight excluding hydrogens is 152 g/mol. The molecule has 0 unspecified atom stereocenters. The summed E-state index contributed by atoms with van der Waals surface area (Å²) in [6, 6.07) is 0. The van der Waals surface area contributed by atoms with Gasteiger partial charge in [-0.2, -0.15) is 0 Å². The molecule has 1 rings (SSSR count). The molecule has 1 aliphatic rings. The number of likely N-dealkylation sites (N-methyl/N-ethyl adjacent to an activating group) is 1. The van der Waals surface area contributed by atoms with Crippen molar-refractivity contribution in [1.29, 1.82) is 0 Å². The van der Waals surface area contributed by atoms with Crippen molar-refractivity contribution in [3.05, 3.63) is 0 Å². The molecule has 0 atom stereocenters. The van der Waals surface area contributed by atoms with Crippen LogP contribution in [0.4, 0.5) is 0 Å². The lowest BCUT2D eigenvalue weighted by Crippen LogP contribution is -2.42. The van der Waals surface area contributed by atoms with E-state index in [4.69, 9.17) is 0 Å². The van der Waals surface area contributed by atoms with Crippen LogP contribution in [0.2, 0.25) is 0 Å². The highest BCUT2D eigenvalue weighted by Crippen LogP contribution is 2.39. The number of hydrogen-bond donors (Lipinski definition) is 2. The Bertz CT molecular complexity index is 164. The Balaban J connectivity index is 2.12. The second-order valence-electron chi connectivity index (χ2n) is 3.97. The van der Waals surface area contributed by atoms with Gasteiger partial charge in [-0.25, -0.2) is 0 Å². The molecule has 0 saturated heterocycles. The molecular formula is C9H18N2O. The average molecular weight is 170 g/mol. The Morgan fingerprint density at radius 1 is 1.50 bits per heavy atom. The van der Waals surface area contributed by atoms with Crippen LogP contribution in [-0.4, -0.2) is 26.0 Å². The molecule has 12 heavy (non-hydrogen) atoms. The van der Waals surface area contributed by atoms with Crippen LogP contribution >= 0.6 is 0 Å². The monoisotopic (exact) mass is 170 g/mol. The molecule has 0 aromatic rings. The summed E-state index contributed by atoms with van der Waals surface area (Å²) < 4.78 is 0. The van der Waals surface area contributed by atoms with E-state index >= 15 is 0 Å². The molecule has 0 radical (unpaired) electrons. The fraction of sp³-hybridized carbons (Fsp3) is 0.889. The van der Waals surface area contributed by atoms with E-state index in [1.807, 2.05) is 0 Å². The van der Waals surface area contributed by atoms with E-state index in [-0.39, 0.29) is 5.91 Å². The van der Waals surface area contributed by atoms with E-state index in [1.54, 1.807) is 7.05 Å². The zero-order chi connectivity index (χ0) is 9.03. The zero-order valence-corrected chi connectivity index (χ0v) is 7.94. The topological polar surface area (TPSA) is 41.1 Å². The molecule has 0 spiro atoms. The number of rotatable bonds is 4. The summed E-state index contributed by atoms with van der Waals surface area (Å²) in [5.41, 5.74) is 0.392. The molecule has 3 nitrogen and oxygen atoms in total. The molecule has 1 saturated carbocycles. The third kappa shape index (κ3) is 2.48. The predicted molar refractivity (Wildman–Crippen MR) is 48.9 cm³/mol. The lowest BCUT2D eigenvalue weighted by molar-refractivity contribution is -0.120. The van der Waals surface area contributed by atoms with Gasteiger partial charge in [0.25, 0.3) is 0 Å². The van der Waals surface area contributed by atoms with Crippen LogP contribution in [-0.2, 0) is 4.79 Å². The SMILES string of the molecule is CNCC(=O)NCC1(C)CCC1. The minimum absolute atomic E-state index is 0.102. The molecule has 1 fully saturated rings. The van der Waals surface area contributed by atoms with Gasteiger partial charge in [0.15, 0.2) is 0 Å². The smallest absolute Gasteiger partial charge is 0.233 e. The highest BCUT2D eigenvalue weighted by Gasteiger charge is 2.31. The maximum Gasteiger partial charge on any atom is 0.233 e. The van der Waals surface area contributed by atoms with Crippen molar-refractivity contribution < 1.29 is 4.79 Å². The van der Waals surface area contributed by atoms with E-state index in [2.05, 4.69) is 17.6 Å². The molecule has 0 heterocycles. The highest BCUT2D eigenvalue weighted by molar-refractivity contribution is 5.77. The van der Waals surface area contributed by atoms with Crippen molar-refractivity contribution in [3.63, 3.8) is 0 Å². The molecule has 1 aliphatic carbocycles. The maximum absolute atomic E-state index is 11.1. The fourth-order valence-electron chi connectivity index (χ4n) is 1.49. The van der Waals surface area contributed by atoms with Crippen molar-refractivity contribution in [2.75, 3.05) is 20.1 Å². The van der Waals surface area contributed by atoms with E-state index < -0.39 is 0 Å². The second kappa shape index (κ2) is 3.90. The fourth-order valence-corrected chi connectivity index (χ4v) is 1.49. The summed E-state index contributed by atoms with van der Waals surface area (Å²) in [7, 11) is 1.78. The Morgan fingerprint density at radius 2 is 2.17 bits per heavy atom. The van der Waals surface area contributed by atoms with Gasteiger partial charge in [-0.05, 0) is 25.3 Å². The predicted octanol–water partition coefficient (Wildman–Crippen LogP) is 0.512. The quantitative estimate of drug-likeness (QED) is 0.645. The van der Waals surface area contributed by atoms with Crippen LogP contribution in [0.15, 0.2) is 0 Å². The number of nitrogens with one attached hydrogen (secondary N) is 2. The van der Waals surface area contributed by atoms with Gasteiger partial charge >= 0.3 is 0 Å². The summed E-state index contributed by atoms with van der Waals surface area (Å²) in [6.45, 7) is 3.50. The van der Waals surface area contributed by atoms with Crippen LogP contribution in [0.1, 0.15) is 26.2 Å². The van der Waals surface area contributed by atoms with Gasteiger partial charge in [0.05, 0.1) is 6.54 Å². The van der Waals surface area contributed by atoms with Gasteiger partial charge in [-0.15, -0.1) is 0 Å². The summed E-state index contributed by atoms with van der Waals surface area (Å²) in [6.07, 6.45) is 3.83. The lowest BCUT2D eigenvalue weighted by atomic mass is 9.70. The summed E-state index contributed by atoms with van der Waals surface area (Å²) in [5.74, 6) is 0.102. The van der Waals surface area contributed by atoms with Crippen LogP contribution in [0.25, 0.3) is 0 Å². The standard InChI is InChI=1S/C9H18N2O/c1-9(4-3-5-9)7-11-8(12)6-10-2/h10H,3-7H2,1-2H3,(H,11,12). The maximum atomic E-state index is 11.1. The number of amides is 1. The first-order chi connectivity index (χ1) is 5.66. The van der Waals surface area contributed by atoms with Gasteiger partial charge < -0.3 is 10.6 Å². The van der Waals surface area contributed by atoms with Crippen LogP contribution in [0.3, 0.4) is 0 Å². The second-order valence-corrected chi connectivity index (χ2v) is 3.97. The molecule has 3 heteroatoms. The lowest BCUT2D eigenvalue weighted by Gasteiger charge is -2.38. The first-order valence-electron chi connectivity index (χ1n) is 4.58. The van der Waals surface area contributed by atoms with E-state index in [9.17, 15) is 4.79 Å². The number of carbonyl (C=O) groups excluding carboxylic acids is 1. The van der Waals surface area contributed by atoms with Crippen LogP contribution in [0, 0.1) is 5.41 Å². The first-order valence-corrected chi connectivity index (χ1v) is 4.58. The van der Waals surface area contributed by atoms with Crippen LogP contribution < -0.4 is 10.6 Å². The average Bonchev–Trinajstić information content (AvgIpc) is 1.98. The Hall–Kier alpha value is -0.570. The third-order valence-electron chi connectivity index (χ3n) is 2.61. The molecule has 0 aromatic carbocycles. The van der Waals surface area contributed by atoms with E-state index in [0.717, 1.165) is 6.54 Å². The van der Waals surface area contributed by atoms with Crippen LogP contribution in [0.5, 0.6) is 0 Å². The summed E-state index contributed by atoms with van der Waals surface area (Å²) in [5, 5.41) is 5.75. The largest absolute Gasteiger partial charge is 0.354 e. The van der Waals surface area contributed by atoms with Gasteiger partial charge in [-0.3, -0.25) is 4.79 Å². The van der Waals surface area contributed by atoms with Crippen molar-refractivity contribution in [2.45, 2.75) is 26.2 Å². The molecule has 0 aliphatic heterocycles. The normalized spacial score (nSPS) is 19.8. The van der Waals surface area contributed by atoms with Gasteiger partial charge in [0.1, 0.15) is 0 Å². The molecule has 0 bridgehead atoms. The van der Waals surface area contributed by atoms with E-state index in [0.29, 0.717) is 12.0 Å². The first kappa shape index (κ1) is 9.52. The summed E-state index contributed by atoms with van der Waals surface area (Å²) >= 11 is 0. The molecule has 1 amide bonds. The van der Waals surface area contributed by atoms with Crippen molar-refractivity contribution in [3.8, 4) is 0 Å². The Morgan fingerprint density at radius 3 is 2.58 bits per heavy atom. The Kier molecular flexibility index (Phi) is 3.09. The Labute approximate surface area is 73.9 Å². The number of carbonyl (C=O) groups is 1. The molecule has 70 valence electrons. The molecule has 0 aromatic heterocycles.